The lowest BCUT2D eigenvalue weighted by Crippen LogP contribution is -2.36. The van der Waals surface area contributed by atoms with Crippen molar-refractivity contribution in [2.45, 2.75) is 19.4 Å². The van der Waals surface area contributed by atoms with Gasteiger partial charge in [-0.05, 0) is 48.9 Å². The third-order valence-electron chi connectivity index (χ3n) is 4.25. The number of morpholine rings is 1. The first kappa shape index (κ1) is 18.5. The fourth-order valence-corrected chi connectivity index (χ4v) is 3.01. The lowest BCUT2D eigenvalue weighted by Gasteiger charge is -2.29. The van der Waals surface area contributed by atoms with Gasteiger partial charge in [0.15, 0.2) is 6.10 Å². The van der Waals surface area contributed by atoms with Crippen molar-refractivity contribution in [3.8, 4) is 5.75 Å². The largest absolute Gasteiger partial charge is 0.481 e. The van der Waals surface area contributed by atoms with Crippen LogP contribution in [0.25, 0.3) is 0 Å². The molecule has 0 bridgehead atoms. The number of rotatable bonds is 6. The van der Waals surface area contributed by atoms with E-state index in [2.05, 4.69) is 10.2 Å². The Labute approximate surface area is 158 Å². The number of hydrogen-bond acceptors (Lipinski definition) is 4. The molecule has 0 spiro atoms. The Morgan fingerprint density at radius 1 is 1.23 bits per heavy atom. The third-order valence-corrected chi connectivity index (χ3v) is 4.48. The Bertz CT molecular complexity index is 730. The number of carbonyl (C=O) groups excluding carboxylic acids is 1. The van der Waals surface area contributed by atoms with Crippen molar-refractivity contribution in [2.24, 2.45) is 0 Å². The summed E-state index contributed by atoms with van der Waals surface area (Å²) < 4.78 is 11.2. The minimum absolute atomic E-state index is 0.174. The fourth-order valence-electron chi connectivity index (χ4n) is 2.83. The van der Waals surface area contributed by atoms with Crippen molar-refractivity contribution in [3.05, 3.63) is 53.6 Å². The summed E-state index contributed by atoms with van der Waals surface area (Å²) in [5, 5.41) is 3.50. The number of hydrogen-bond donors (Lipinski definition) is 1. The van der Waals surface area contributed by atoms with Crippen LogP contribution in [0.4, 0.5) is 11.4 Å². The second-order valence-electron chi connectivity index (χ2n) is 6.11. The molecule has 1 aliphatic heterocycles. The monoisotopic (exact) mass is 374 g/mol. The zero-order chi connectivity index (χ0) is 18.4. The molecule has 0 aliphatic carbocycles. The van der Waals surface area contributed by atoms with Gasteiger partial charge in [0.2, 0.25) is 0 Å². The van der Waals surface area contributed by atoms with E-state index in [1.165, 1.54) is 0 Å². The number of ether oxygens (including phenoxy) is 2. The second-order valence-corrected chi connectivity index (χ2v) is 6.54. The van der Waals surface area contributed by atoms with E-state index in [1.807, 2.05) is 31.2 Å². The van der Waals surface area contributed by atoms with Gasteiger partial charge in [-0.3, -0.25) is 4.79 Å². The van der Waals surface area contributed by atoms with E-state index in [4.69, 9.17) is 21.1 Å². The van der Waals surface area contributed by atoms with E-state index >= 15 is 0 Å². The number of nitrogens with zero attached hydrogens (tertiary/aromatic N) is 1. The number of halogens is 1. The van der Waals surface area contributed by atoms with Crippen molar-refractivity contribution >= 4 is 28.9 Å². The smallest absolute Gasteiger partial charge is 0.265 e. The first-order valence-electron chi connectivity index (χ1n) is 8.81. The van der Waals surface area contributed by atoms with Crippen molar-refractivity contribution in [3.63, 3.8) is 0 Å². The molecule has 1 amide bonds. The third kappa shape index (κ3) is 4.90. The molecule has 1 atom stereocenters. The summed E-state index contributed by atoms with van der Waals surface area (Å²) in [5.41, 5.74) is 1.88. The second kappa shape index (κ2) is 8.92. The normalized spacial score (nSPS) is 15.4. The Balaban J connectivity index is 1.60. The number of anilines is 2. The van der Waals surface area contributed by atoms with E-state index in [0.717, 1.165) is 37.7 Å². The predicted molar refractivity (Wildman–Crippen MR) is 104 cm³/mol. The van der Waals surface area contributed by atoms with Crippen LogP contribution in [0.2, 0.25) is 5.02 Å². The van der Waals surface area contributed by atoms with Crippen LogP contribution >= 0.6 is 11.6 Å². The van der Waals surface area contributed by atoms with E-state index in [1.54, 1.807) is 24.3 Å². The van der Waals surface area contributed by atoms with Gasteiger partial charge in [0, 0.05) is 29.5 Å². The molecule has 6 heteroatoms. The van der Waals surface area contributed by atoms with Gasteiger partial charge in [-0.2, -0.15) is 0 Å². The molecule has 1 aliphatic rings. The quantitative estimate of drug-likeness (QED) is 0.831. The standard InChI is InChI=1S/C20H23ClN2O3/c1-2-19(26-18-5-3-4-15(21)14-18)20(24)22-16-6-8-17(9-7-16)23-10-12-25-13-11-23/h3-9,14,19H,2,10-13H2,1H3,(H,22,24)/t19-/m1/s1. The molecule has 1 heterocycles. The topological polar surface area (TPSA) is 50.8 Å². The molecular formula is C20H23ClN2O3. The maximum absolute atomic E-state index is 12.5. The van der Waals surface area contributed by atoms with Gasteiger partial charge in [0.05, 0.1) is 13.2 Å². The van der Waals surface area contributed by atoms with Crippen LogP contribution in [-0.2, 0) is 9.53 Å². The van der Waals surface area contributed by atoms with Crippen molar-refractivity contribution in [1.29, 1.82) is 0 Å². The van der Waals surface area contributed by atoms with E-state index < -0.39 is 6.10 Å². The summed E-state index contributed by atoms with van der Waals surface area (Å²) in [6.45, 7) is 5.18. The molecule has 3 rings (SSSR count). The maximum atomic E-state index is 12.5. The van der Waals surface area contributed by atoms with Gasteiger partial charge in [0.1, 0.15) is 5.75 Å². The lowest BCUT2D eigenvalue weighted by molar-refractivity contribution is -0.122. The molecule has 0 unspecified atom stereocenters. The van der Waals surface area contributed by atoms with Crippen LogP contribution in [0.1, 0.15) is 13.3 Å². The molecule has 138 valence electrons. The van der Waals surface area contributed by atoms with Gasteiger partial charge in [-0.25, -0.2) is 0 Å². The van der Waals surface area contributed by atoms with Crippen LogP contribution < -0.4 is 15.0 Å². The fraction of sp³-hybridized carbons (Fsp3) is 0.350. The highest BCUT2D eigenvalue weighted by molar-refractivity contribution is 6.30. The molecule has 0 saturated carbocycles. The Morgan fingerprint density at radius 2 is 1.96 bits per heavy atom. The van der Waals surface area contributed by atoms with Crippen molar-refractivity contribution < 1.29 is 14.3 Å². The molecule has 0 radical (unpaired) electrons. The first-order valence-corrected chi connectivity index (χ1v) is 9.19. The molecule has 2 aromatic rings. The van der Waals surface area contributed by atoms with E-state index in [0.29, 0.717) is 17.2 Å². The Morgan fingerprint density at radius 3 is 2.62 bits per heavy atom. The Kier molecular flexibility index (Phi) is 6.36. The molecule has 1 saturated heterocycles. The highest BCUT2D eigenvalue weighted by Crippen LogP contribution is 2.21. The van der Waals surface area contributed by atoms with Crippen LogP contribution in [0.15, 0.2) is 48.5 Å². The van der Waals surface area contributed by atoms with Gasteiger partial charge in [0.25, 0.3) is 5.91 Å². The van der Waals surface area contributed by atoms with Gasteiger partial charge < -0.3 is 19.7 Å². The summed E-state index contributed by atoms with van der Waals surface area (Å²) in [4.78, 5) is 14.8. The number of benzene rings is 2. The summed E-state index contributed by atoms with van der Waals surface area (Å²) >= 11 is 5.97. The molecule has 0 aromatic heterocycles. The number of amides is 1. The Hall–Kier alpha value is -2.24. The summed E-state index contributed by atoms with van der Waals surface area (Å²) in [5.74, 6) is 0.411. The van der Waals surface area contributed by atoms with Crippen LogP contribution in [0.5, 0.6) is 5.75 Å². The lowest BCUT2D eigenvalue weighted by atomic mass is 10.2. The maximum Gasteiger partial charge on any atom is 0.265 e. The van der Waals surface area contributed by atoms with E-state index in [-0.39, 0.29) is 5.91 Å². The highest BCUT2D eigenvalue weighted by atomic mass is 35.5. The molecule has 1 N–H and O–H groups in total. The average Bonchev–Trinajstić information content (AvgIpc) is 2.67. The van der Waals surface area contributed by atoms with Gasteiger partial charge in [-0.15, -0.1) is 0 Å². The number of nitrogens with one attached hydrogen (secondary N) is 1. The van der Waals surface area contributed by atoms with Gasteiger partial charge in [-0.1, -0.05) is 24.6 Å². The van der Waals surface area contributed by atoms with Crippen molar-refractivity contribution in [1.82, 2.24) is 0 Å². The minimum Gasteiger partial charge on any atom is -0.481 e. The highest BCUT2D eigenvalue weighted by Gasteiger charge is 2.19. The van der Waals surface area contributed by atoms with Gasteiger partial charge >= 0.3 is 0 Å². The summed E-state index contributed by atoms with van der Waals surface area (Å²) in [7, 11) is 0. The summed E-state index contributed by atoms with van der Waals surface area (Å²) in [6, 6.07) is 14.9. The molecule has 1 fully saturated rings. The minimum atomic E-state index is -0.576. The zero-order valence-corrected chi connectivity index (χ0v) is 15.5. The molecular weight excluding hydrogens is 352 g/mol. The van der Waals surface area contributed by atoms with Crippen LogP contribution in [-0.4, -0.2) is 38.3 Å². The molecule has 5 nitrogen and oxygen atoms in total. The summed E-state index contributed by atoms with van der Waals surface area (Å²) in [6.07, 6.45) is -0.0168. The molecule has 26 heavy (non-hydrogen) atoms. The number of carbonyl (C=O) groups is 1. The van der Waals surface area contributed by atoms with Crippen LogP contribution in [0, 0.1) is 0 Å². The zero-order valence-electron chi connectivity index (χ0n) is 14.8. The van der Waals surface area contributed by atoms with Crippen molar-refractivity contribution in [2.75, 3.05) is 36.5 Å². The van der Waals surface area contributed by atoms with E-state index in [9.17, 15) is 4.79 Å². The average molecular weight is 375 g/mol. The first-order chi connectivity index (χ1) is 12.7. The van der Waals surface area contributed by atoms with Crippen LogP contribution in [0.3, 0.4) is 0 Å². The predicted octanol–water partition coefficient (Wildman–Crippen LogP) is 3.97. The SMILES string of the molecule is CC[C@@H](Oc1cccc(Cl)c1)C(=O)Nc1ccc(N2CCOCC2)cc1. The molecule has 2 aromatic carbocycles.